The van der Waals surface area contributed by atoms with Gasteiger partial charge in [0, 0.05) is 13.1 Å². The van der Waals surface area contributed by atoms with Crippen molar-refractivity contribution in [1.29, 1.82) is 0 Å². The quantitative estimate of drug-likeness (QED) is 0.663. The summed E-state index contributed by atoms with van der Waals surface area (Å²) in [6, 6.07) is 14.5. The predicted octanol–water partition coefficient (Wildman–Crippen LogP) is 4.21. The van der Waals surface area contributed by atoms with Gasteiger partial charge in [-0.2, -0.15) is 13.2 Å². The average Bonchev–Trinajstić information content (AvgIpc) is 2.73. The number of nitrogens with one attached hydrogen (secondary N) is 1. The van der Waals surface area contributed by atoms with Crippen LogP contribution in [0.15, 0.2) is 59.5 Å². The van der Waals surface area contributed by atoms with E-state index >= 15 is 0 Å². The highest BCUT2D eigenvalue weighted by Gasteiger charge is 2.42. The number of rotatable bonds is 4. The highest BCUT2D eigenvalue weighted by atomic mass is 32.2. The van der Waals surface area contributed by atoms with Crippen LogP contribution in [0.1, 0.15) is 12.8 Å². The lowest BCUT2D eigenvalue weighted by Crippen LogP contribution is -2.42. The molecule has 1 N–H and O–H groups in total. The Balaban J connectivity index is 1.77. The minimum absolute atomic E-state index is 0.0257. The molecule has 0 aliphatic carbocycles. The van der Waals surface area contributed by atoms with Gasteiger partial charge >= 0.3 is 6.18 Å². The van der Waals surface area contributed by atoms with Gasteiger partial charge in [-0.05, 0) is 37.1 Å². The first-order valence-electron chi connectivity index (χ1n) is 9.40. The van der Waals surface area contributed by atoms with Crippen LogP contribution in [0.5, 0.6) is 0 Å². The summed E-state index contributed by atoms with van der Waals surface area (Å²) in [5.41, 5.74) is 0.917. The first-order valence-corrected chi connectivity index (χ1v) is 10.9. The number of sulfonamides is 1. The van der Waals surface area contributed by atoms with Crippen molar-refractivity contribution in [3.05, 3.63) is 54.6 Å². The van der Waals surface area contributed by atoms with Gasteiger partial charge in [0.15, 0.2) is 11.6 Å². The lowest BCUT2D eigenvalue weighted by atomic mass is 9.97. The van der Waals surface area contributed by atoms with Crippen molar-refractivity contribution in [1.82, 2.24) is 9.97 Å². The van der Waals surface area contributed by atoms with Crippen LogP contribution in [0.2, 0.25) is 0 Å². The van der Waals surface area contributed by atoms with Gasteiger partial charge in [0.2, 0.25) is 0 Å². The number of alkyl halides is 3. The minimum atomic E-state index is -4.33. The second-order valence-electron chi connectivity index (χ2n) is 7.13. The molecular weight excluding hydrogens is 417 g/mol. The summed E-state index contributed by atoms with van der Waals surface area (Å²) in [5.74, 6) is -1.49. The SMILES string of the molecule is O=S(=O)(Nc1nc2ccccc2nc1N1CCC[C@H](C(F)(F)F)C1)c1ccccc1. The van der Waals surface area contributed by atoms with Gasteiger partial charge in [0.25, 0.3) is 10.0 Å². The molecule has 2 aromatic carbocycles. The summed E-state index contributed by atoms with van der Waals surface area (Å²) in [6.07, 6.45) is -3.97. The number of para-hydroxylation sites is 2. The largest absolute Gasteiger partial charge is 0.393 e. The third-order valence-electron chi connectivity index (χ3n) is 5.02. The van der Waals surface area contributed by atoms with E-state index in [1.807, 2.05) is 0 Å². The first-order chi connectivity index (χ1) is 14.2. The Kier molecular flexibility index (Phi) is 5.27. The second-order valence-corrected chi connectivity index (χ2v) is 8.81. The molecule has 1 aliphatic heterocycles. The van der Waals surface area contributed by atoms with E-state index in [0.29, 0.717) is 24.0 Å². The molecule has 0 saturated carbocycles. The van der Waals surface area contributed by atoms with Crippen molar-refractivity contribution in [2.75, 3.05) is 22.7 Å². The second kappa shape index (κ2) is 7.75. The number of halogens is 3. The number of benzene rings is 2. The first kappa shape index (κ1) is 20.4. The van der Waals surface area contributed by atoms with Crippen molar-refractivity contribution in [2.45, 2.75) is 23.9 Å². The fourth-order valence-corrected chi connectivity index (χ4v) is 4.53. The molecule has 1 saturated heterocycles. The lowest BCUT2D eigenvalue weighted by molar-refractivity contribution is -0.176. The van der Waals surface area contributed by atoms with Gasteiger partial charge in [-0.3, -0.25) is 4.72 Å². The normalized spacial score (nSPS) is 17.8. The van der Waals surface area contributed by atoms with Crippen molar-refractivity contribution in [3.8, 4) is 0 Å². The Morgan fingerprint density at radius 2 is 1.60 bits per heavy atom. The van der Waals surface area contributed by atoms with Crippen LogP contribution in [0.25, 0.3) is 11.0 Å². The molecule has 1 atom stereocenters. The van der Waals surface area contributed by atoms with E-state index in [9.17, 15) is 21.6 Å². The zero-order valence-corrected chi connectivity index (χ0v) is 16.6. The van der Waals surface area contributed by atoms with Crippen molar-refractivity contribution in [3.63, 3.8) is 0 Å². The zero-order chi connectivity index (χ0) is 21.4. The molecule has 2 heterocycles. The number of aromatic nitrogens is 2. The highest BCUT2D eigenvalue weighted by molar-refractivity contribution is 7.92. The van der Waals surface area contributed by atoms with E-state index in [-0.39, 0.29) is 29.5 Å². The minimum Gasteiger partial charge on any atom is -0.353 e. The molecule has 0 unspecified atom stereocenters. The maximum absolute atomic E-state index is 13.3. The summed E-state index contributed by atoms with van der Waals surface area (Å²) in [5, 5.41) is 0. The number of nitrogens with zero attached hydrogens (tertiary/aromatic N) is 3. The number of hydrogen-bond donors (Lipinski definition) is 1. The number of piperidine rings is 1. The third-order valence-corrected chi connectivity index (χ3v) is 6.38. The number of fused-ring (bicyclic) bond motifs is 1. The Labute approximate surface area is 171 Å². The Morgan fingerprint density at radius 3 is 2.27 bits per heavy atom. The molecule has 30 heavy (non-hydrogen) atoms. The van der Waals surface area contributed by atoms with E-state index < -0.39 is 22.1 Å². The van der Waals surface area contributed by atoms with Gasteiger partial charge in [0.1, 0.15) is 0 Å². The molecule has 10 heteroatoms. The van der Waals surface area contributed by atoms with Crippen LogP contribution < -0.4 is 9.62 Å². The van der Waals surface area contributed by atoms with Crippen LogP contribution in [0.3, 0.4) is 0 Å². The molecule has 3 aromatic rings. The molecular formula is C20H19F3N4O2S. The number of anilines is 2. The van der Waals surface area contributed by atoms with Gasteiger partial charge in [-0.15, -0.1) is 0 Å². The zero-order valence-electron chi connectivity index (χ0n) is 15.8. The highest BCUT2D eigenvalue weighted by Crippen LogP contribution is 2.36. The molecule has 0 bridgehead atoms. The Morgan fingerprint density at radius 1 is 0.967 bits per heavy atom. The topological polar surface area (TPSA) is 75.2 Å². The van der Waals surface area contributed by atoms with E-state index in [1.54, 1.807) is 42.5 Å². The smallest absolute Gasteiger partial charge is 0.353 e. The van der Waals surface area contributed by atoms with E-state index in [2.05, 4.69) is 14.7 Å². The number of hydrogen-bond acceptors (Lipinski definition) is 5. The monoisotopic (exact) mass is 436 g/mol. The van der Waals surface area contributed by atoms with Gasteiger partial charge in [-0.1, -0.05) is 30.3 Å². The van der Waals surface area contributed by atoms with Crippen LogP contribution in [0, 0.1) is 5.92 Å². The lowest BCUT2D eigenvalue weighted by Gasteiger charge is -2.35. The molecule has 1 fully saturated rings. The molecule has 6 nitrogen and oxygen atoms in total. The maximum atomic E-state index is 13.3. The fraction of sp³-hybridized carbons (Fsp3) is 0.300. The van der Waals surface area contributed by atoms with Gasteiger partial charge in [0.05, 0.1) is 21.8 Å². The van der Waals surface area contributed by atoms with E-state index in [0.717, 1.165) is 0 Å². The molecule has 0 spiro atoms. The van der Waals surface area contributed by atoms with Gasteiger partial charge < -0.3 is 4.90 Å². The summed E-state index contributed by atoms with van der Waals surface area (Å²) in [7, 11) is -3.99. The average molecular weight is 436 g/mol. The van der Waals surface area contributed by atoms with Crippen LogP contribution in [-0.4, -0.2) is 37.7 Å². The van der Waals surface area contributed by atoms with Crippen LogP contribution >= 0.6 is 0 Å². The van der Waals surface area contributed by atoms with Gasteiger partial charge in [-0.25, -0.2) is 18.4 Å². The Bertz CT molecular complexity index is 1150. The van der Waals surface area contributed by atoms with Crippen molar-refractivity contribution < 1.29 is 21.6 Å². The molecule has 0 amide bonds. The van der Waals surface area contributed by atoms with Crippen molar-refractivity contribution >= 4 is 32.7 Å². The molecule has 158 valence electrons. The fourth-order valence-electron chi connectivity index (χ4n) is 3.50. The standard InChI is InChI=1S/C20H19F3N4O2S/c21-20(22,23)14-7-6-12-27(13-14)19-18(24-16-10-4-5-11-17(16)25-19)26-30(28,29)15-8-2-1-3-9-15/h1-5,8-11,14H,6-7,12-13H2,(H,24,26)/t14-/m0/s1. The predicted molar refractivity (Wildman–Crippen MR) is 108 cm³/mol. The summed E-state index contributed by atoms with van der Waals surface area (Å²) in [4.78, 5) is 10.3. The van der Waals surface area contributed by atoms with E-state index in [4.69, 9.17) is 0 Å². The summed E-state index contributed by atoms with van der Waals surface area (Å²) < 4.78 is 68.0. The summed E-state index contributed by atoms with van der Waals surface area (Å²) in [6.45, 7) is 0.0379. The van der Waals surface area contributed by atoms with E-state index in [1.165, 1.54) is 17.0 Å². The molecule has 0 radical (unpaired) electrons. The maximum Gasteiger partial charge on any atom is 0.393 e. The summed E-state index contributed by atoms with van der Waals surface area (Å²) >= 11 is 0. The molecule has 4 rings (SSSR count). The third kappa shape index (κ3) is 4.18. The van der Waals surface area contributed by atoms with Crippen LogP contribution in [0.4, 0.5) is 24.8 Å². The molecule has 1 aliphatic rings. The molecule has 1 aromatic heterocycles. The van der Waals surface area contributed by atoms with Crippen LogP contribution in [-0.2, 0) is 10.0 Å². The van der Waals surface area contributed by atoms with Crippen molar-refractivity contribution in [2.24, 2.45) is 5.92 Å². The Hall–Kier alpha value is -2.88.